The third kappa shape index (κ3) is 1.67. The number of carbonyl (C=O) groups is 1. The normalized spacial score (nSPS) is 37.8. The number of carbonyl (C=O) groups excluding carboxylic acids is 1. The van der Waals surface area contributed by atoms with Gasteiger partial charge in [-0.15, -0.1) is 0 Å². The predicted octanol–water partition coefficient (Wildman–Crippen LogP) is 3.30. The van der Waals surface area contributed by atoms with Crippen molar-refractivity contribution in [3.63, 3.8) is 0 Å². The average molecular weight is 252 g/mol. The lowest BCUT2D eigenvalue weighted by molar-refractivity contribution is -0.151. The van der Waals surface area contributed by atoms with E-state index < -0.39 is 0 Å². The van der Waals surface area contributed by atoms with Gasteiger partial charge in [0, 0.05) is 10.8 Å². The van der Waals surface area contributed by atoms with Crippen molar-refractivity contribution in [3.05, 3.63) is 12.2 Å². The summed E-state index contributed by atoms with van der Waals surface area (Å²) in [6, 6.07) is 0. The van der Waals surface area contributed by atoms with Gasteiger partial charge in [0.15, 0.2) is 0 Å². The molecule has 2 fully saturated rings. The second-order valence-electron chi connectivity index (χ2n) is 6.15. The number of thiocarbonyl (C=S) groups is 1. The van der Waals surface area contributed by atoms with Crippen LogP contribution < -0.4 is 0 Å². The van der Waals surface area contributed by atoms with Crippen molar-refractivity contribution in [1.29, 1.82) is 0 Å². The molecule has 17 heavy (non-hydrogen) atoms. The van der Waals surface area contributed by atoms with E-state index in [2.05, 4.69) is 27.4 Å². The fraction of sp³-hybridized carbons (Fsp3) is 0.714. The Morgan fingerprint density at radius 1 is 1.47 bits per heavy atom. The maximum absolute atomic E-state index is 11.7. The Balaban J connectivity index is 2.13. The van der Waals surface area contributed by atoms with E-state index in [0.29, 0.717) is 5.92 Å². The molecule has 0 aromatic heterocycles. The van der Waals surface area contributed by atoms with Gasteiger partial charge in [-0.2, -0.15) is 0 Å². The molecule has 2 nitrogen and oxygen atoms in total. The Hall–Kier alpha value is -0.700. The Morgan fingerprint density at radius 2 is 2.12 bits per heavy atom. The lowest BCUT2D eigenvalue weighted by atomic mass is 9.70. The van der Waals surface area contributed by atoms with Gasteiger partial charge in [0.05, 0.1) is 5.57 Å². The van der Waals surface area contributed by atoms with Crippen LogP contribution in [0, 0.1) is 16.7 Å². The summed E-state index contributed by atoms with van der Waals surface area (Å²) in [5.74, 6) is 0.320. The van der Waals surface area contributed by atoms with Crippen LogP contribution in [0.15, 0.2) is 12.2 Å². The molecule has 0 aromatic rings. The Labute approximate surface area is 108 Å². The van der Waals surface area contributed by atoms with Crippen LogP contribution in [0.2, 0.25) is 0 Å². The molecule has 0 aliphatic heterocycles. The molecule has 0 aromatic carbocycles. The molecule has 3 heteroatoms. The minimum atomic E-state index is -0.352. The maximum Gasteiger partial charge on any atom is 0.338 e. The zero-order valence-electron chi connectivity index (χ0n) is 10.8. The van der Waals surface area contributed by atoms with Gasteiger partial charge in [-0.1, -0.05) is 39.6 Å². The van der Waals surface area contributed by atoms with Crippen LogP contribution in [0.4, 0.5) is 0 Å². The molecule has 2 bridgehead atoms. The van der Waals surface area contributed by atoms with Gasteiger partial charge >= 0.3 is 5.97 Å². The quantitative estimate of drug-likeness (QED) is 0.438. The lowest BCUT2D eigenvalue weighted by Gasteiger charge is -2.38. The molecule has 94 valence electrons. The summed E-state index contributed by atoms with van der Waals surface area (Å²) < 4.78 is 5.60. The number of rotatable bonds is 3. The van der Waals surface area contributed by atoms with E-state index in [1.54, 1.807) is 0 Å². The summed E-state index contributed by atoms with van der Waals surface area (Å²) in [6.45, 7) is 10.4. The topological polar surface area (TPSA) is 26.3 Å². The number of ether oxygens (including phenoxy) is 1. The zero-order chi connectivity index (χ0) is 12.8. The first-order valence-electron chi connectivity index (χ1n) is 6.18. The first kappa shape index (κ1) is 12.7. The number of esters is 1. The van der Waals surface area contributed by atoms with Gasteiger partial charge < -0.3 is 4.74 Å². The van der Waals surface area contributed by atoms with Crippen molar-refractivity contribution in [2.24, 2.45) is 16.7 Å². The second kappa shape index (κ2) is 3.91. The number of fused-ring (bicyclic) bond motifs is 2. The van der Waals surface area contributed by atoms with Crippen molar-refractivity contribution in [1.82, 2.24) is 0 Å². The zero-order valence-corrected chi connectivity index (χ0v) is 11.6. The highest BCUT2D eigenvalue weighted by molar-refractivity contribution is 7.79. The van der Waals surface area contributed by atoms with E-state index in [-0.39, 0.29) is 28.5 Å². The summed E-state index contributed by atoms with van der Waals surface area (Å²) in [5, 5.41) is 1.29. The minimum absolute atomic E-state index is 0.0236. The predicted molar refractivity (Wildman–Crippen MR) is 71.9 cm³/mol. The summed E-state index contributed by atoms with van der Waals surface area (Å²) in [5.41, 5.74) is 0.649. The Kier molecular flexibility index (Phi) is 2.93. The maximum atomic E-state index is 11.7. The van der Waals surface area contributed by atoms with E-state index in [9.17, 15) is 4.79 Å². The van der Waals surface area contributed by atoms with Gasteiger partial charge in [0.2, 0.25) is 0 Å². The molecule has 2 aliphatic rings. The molecule has 2 aliphatic carbocycles. The first-order valence-corrected chi connectivity index (χ1v) is 6.65. The Morgan fingerprint density at radius 3 is 2.53 bits per heavy atom. The summed E-state index contributed by atoms with van der Waals surface area (Å²) >= 11 is 4.71. The van der Waals surface area contributed by atoms with Crippen LogP contribution in [0.3, 0.4) is 0 Å². The summed E-state index contributed by atoms with van der Waals surface area (Å²) in [6.07, 6.45) is 3.41. The molecule has 0 radical (unpaired) electrons. The SMILES string of the molecule is C=C(C=S)C(=O)OC1CC2CCC1(C)C2(C)C. The monoisotopic (exact) mass is 252 g/mol. The van der Waals surface area contributed by atoms with Crippen molar-refractivity contribution in [2.75, 3.05) is 0 Å². The fourth-order valence-corrected chi connectivity index (χ4v) is 3.66. The van der Waals surface area contributed by atoms with Crippen LogP contribution in [0.25, 0.3) is 0 Å². The number of hydrogen-bond donors (Lipinski definition) is 0. The van der Waals surface area contributed by atoms with Crippen molar-refractivity contribution >= 4 is 23.6 Å². The third-order valence-corrected chi connectivity index (χ3v) is 5.65. The second-order valence-corrected chi connectivity index (χ2v) is 6.38. The molecule has 3 atom stereocenters. The van der Waals surface area contributed by atoms with Gasteiger partial charge in [-0.3, -0.25) is 0 Å². The first-order chi connectivity index (χ1) is 7.83. The van der Waals surface area contributed by atoms with E-state index in [4.69, 9.17) is 17.0 Å². The van der Waals surface area contributed by atoms with E-state index in [1.165, 1.54) is 11.8 Å². The third-order valence-electron chi connectivity index (χ3n) is 5.37. The van der Waals surface area contributed by atoms with Gasteiger partial charge in [-0.05, 0) is 30.6 Å². The van der Waals surface area contributed by atoms with Crippen molar-refractivity contribution in [3.8, 4) is 0 Å². The highest BCUT2D eigenvalue weighted by Crippen LogP contribution is 2.66. The molecule has 0 spiro atoms. The van der Waals surface area contributed by atoms with Crippen LogP contribution in [0.1, 0.15) is 40.0 Å². The number of hydrogen-bond acceptors (Lipinski definition) is 3. The highest BCUT2D eigenvalue weighted by Gasteiger charge is 2.62. The van der Waals surface area contributed by atoms with Gasteiger partial charge in [0.1, 0.15) is 6.10 Å². The van der Waals surface area contributed by atoms with Crippen LogP contribution in [0.5, 0.6) is 0 Å². The van der Waals surface area contributed by atoms with Crippen molar-refractivity contribution < 1.29 is 9.53 Å². The van der Waals surface area contributed by atoms with Crippen LogP contribution >= 0.6 is 12.2 Å². The van der Waals surface area contributed by atoms with Crippen LogP contribution in [-0.4, -0.2) is 17.4 Å². The fourth-order valence-electron chi connectivity index (χ4n) is 3.56. The molecule has 0 N–H and O–H groups in total. The Bertz CT molecular complexity index is 386. The molecule has 0 heterocycles. The molecule has 2 saturated carbocycles. The van der Waals surface area contributed by atoms with Gasteiger partial charge in [-0.25, -0.2) is 4.79 Å². The highest BCUT2D eigenvalue weighted by atomic mass is 32.1. The van der Waals surface area contributed by atoms with Crippen LogP contribution in [-0.2, 0) is 9.53 Å². The minimum Gasteiger partial charge on any atom is -0.458 e. The van der Waals surface area contributed by atoms with E-state index in [0.717, 1.165) is 12.8 Å². The smallest absolute Gasteiger partial charge is 0.338 e. The summed E-state index contributed by atoms with van der Waals surface area (Å²) in [7, 11) is 0. The molecule has 0 saturated heterocycles. The van der Waals surface area contributed by atoms with E-state index >= 15 is 0 Å². The molecular weight excluding hydrogens is 232 g/mol. The van der Waals surface area contributed by atoms with Gasteiger partial charge in [0.25, 0.3) is 0 Å². The standard InChI is InChI=1S/C14H20O2S/c1-9(8-17)12(15)16-11-7-10-5-6-14(11,4)13(10,2)3/h8,10-11H,1,5-7H2,2-4H3. The molecule has 3 unspecified atom stereocenters. The molecular formula is C14H20O2S. The molecule has 2 rings (SSSR count). The summed E-state index contributed by atoms with van der Waals surface area (Å²) in [4.78, 5) is 11.7. The lowest BCUT2D eigenvalue weighted by Crippen LogP contribution is -2.38. The largest absolute Gasteiger partial charge is 0.458 e. The molecule has 0 amide bonds. The average Bonchev–Trinajstić information content (AvgIpc) is 2.60. The van der Waals surface area contributed by atoms with E-state index in [1.807, 2.05) is 0 Å². The van der Waals surface area contributed by atoms with Crippen molar-refractivity contribution in [2.45, 2.75) is 46.1 Å².